The van der Waals surface area contributed by atoms with E-state index in [0.717, 1.165) is 32.7 Å². The Morgan fingerprint density at radius 3 is 2.15 bits per heavy atom. The van der Waals surface area contributed by atoms with Crippen molar-refractivity contribution in [3.63, 3.8) is 0 Å². The fourth-order valence-corrected chi connectivity index (χ4v) is 3.60. The van der Waals surface area contributed by atoms with Crippen molar-refractivity contribution in [2.75, 3.05) is 63.8 Å². The van der Waals surface area contributed by atoms with Crippen LogP contribution in [0.5, 0.6) is 0 Å². The minimum Gasteiger partial charge on any atom is -0.367 e. The summed E-state index contributed by atoms with van der Waals surface area (Å²) in [6.07, 6.45) is 0.500. The summed E-state index contributed by atoms with van der Waals surface area (Å²) in [5, 5.41) is 0. The maximum Gasteiger partial charge on any atom is 0.223 e. The fourth-order valence-electron chi connectivity index (χ4n) is 3.60. The number of halogens is 1. The highest BCUT2D eigenvalue weighted by Gasteiger charge is 2.24. The Balaban J connectivity index is 1.39. The lowest BCUT2D eigenvalue weighted by Crippen LogP contribution is -2.51. The van der Waals surface area contributed by atoms with Crippen LogP contribution in [0.3, 0.4) is 0 Å². The smallest absolute Gasteiger partial charge is 0.223 e. The maximum absolute atomic E-state index is 13.9. The molecule has 2 heterocycles. The molecule has 26 heavy (non-hydrogen) atoms. The summed E-state index contributed by atoms with van der Waals surface area (Å²) in [6.45, 7) is 8.01. The van der Waals surface area contributed by atoms with E-state index in [-0.39, 0.29) is 17.6 Å². The SMILES string of the molecule is CC(=O)N1CCN(C(=O)CCN2CCN(c3ccccc3F)CC2)CC1. The molecule has 6 nitrogen and oxygen atoms in total. The molecule has 0 atom stereocenters. The highest BCUT2D eigenvalue weighted by Crippen LogP contribution is 2.20. The minimum absolute atomic E-state index is 0.0739. The van der Waals surface area contributed by atoms with E-state index in [1.807, 2.05) is 17.0 Å². The summed E-state index contributed by atoms with van der Waals surface area (Å²) in [5.74, 6) is 0.0513. The second kappa shape index (κ2) is 8.49. The average molecular weight is 362 g/mol. The standard InChI is InChI=1S/C19H27FN4O2/c1-16(25)22-12-14-24(15-13-22)19(26)6-7-21-8-10-23(11-9-21)18-5-3-2-4-17(18)20/h2-5H,6-15H2,1H3. The van der Waals surface area contributed by atoms with E-state index < -0.39 is 0 Å². The molecule has 0 aliphatic carbocycles. The monoisotopic (exact) mass is 362 g/mol. The van der Waals surface area contributed by atoms with E-state index in [4.69, 9.17) is 0 Å². The lowest BCUT2D eigenvalue weighted by Gasteiger charge is -2.37. The maximum atomic E-state index is 13.9. The first-order valence-electron chi connectivity index (χ1n) is 9.30. The van der Waals surface area contributed by atoms with Crippen LogP contribution in [-0.2, 0) is 9.59 Å². The van der Waals surface area contributed by atoms with Gasteiger partial charge in [0.05, 0.1) is 5.69 Å². The number of benzene rings is 1. The van der Waals surface area contributed by atoms with Crippen molar-refractivity contribution in [2.24, 2.45) is 0 Å². The van der Waals surface area contributed by atoms with Crippen molar-refractivity contribution >= 4 is 17.5 Å². The third kappa shape index (κ3) is 4.52. The molecule has 1 aromatic rings. The molecule has 0 aromatic heterocycles. The van der Waals surface area contributed by atoms with Gasteiger partial charge in [0.1, 0.15) is 5.82 Å². The van der Waals surface area contributed by atoms with Crippen LogP contribution in [0.1, 0.15) is 13.3 Å². The summed E-state index contributed by atoms with van der Waals surface area (Å²) in [6, 6.07) is 6.87. The Morgan fingerprint density at radius 2 is 1.54 bits per heavy atom. The van der Waals surface area contributed by atoms with Crippen molar-refractivity contribution in [3.05, 3.63) is 30.1 Å². The molecule has 142 valence electrons. The number of anilines is 1. The molecule has 0 bridgehead atoms. The van der Waals surface area contributed by atoms with E-state index in [1.165, 1.54) is 6.07 Å². The van der Waals surface area contributed by atoms with Gasteiger partial charge in [-0.25, -0.2) is 4.39 Å². The Morgan fingerprint density at radius 1 is 0.923 bits per heavy atom. The number of carbonyl (C=O) groups excluding carboxylic acids is 2. The van der Waals surface area contributed by atoms with Gasteiger partial charge in [-0.1, -0.05) is 12.1 Å². The zero-order valence-electron chi connectivity index (χ0n) is 15.4. The molecule has 2 aliphatic heterocycles. The van der Waals surface area contributed by atoms with Crippen LogP contribution >= 0.6 is 0 Å². The van der Waals surface area contributed by atoms with Gasteiger partial charge in [-0.15, -0.1) is 0 Å². The molecule has 0 radical (unpaired) electrons. The summed E-state index contributed by atoms with van der Waals surface area (Å²) in [4.78, 5) is 31.7. The number of para-hydroxylation sites is 1. The number of piperazine rings is 2. The predicted molar refractivity (Wildman–Crippen MR) is 98.5 cm³/mol. The van der Waals surface area contributed by atoms with E-state index in [1.54, 1.807) is 17.9 Å². The van der Waals surface area contributed by atoms with Crippen LogP contribution in [0.25, 0.3) is 0 Å². The van der Waals surface area contributed by atoms with Crippen molar-refractivity contribution in [1.29, 1.82) is 0 Å². The van der Waals surface area contributed by atoms with E-state index in [2.05, 4.69) is 9.80 Å². The average Bonchev–Trinajstić information content (AvgIpc) is 2.67. The second-order valence-electron chi connectivity index (χ2n) is 6.92. The first kappa shape index (κ1) is 18.6. The van der Waals surface area contributed by atoms with E-state index in [9.17, 15) is 14.0 Å². The molecular formula is C19H27FN4O2. The molecule has 2 fully saturated rings. The topological polar surface area (TPSA) is 47.1 Å². The van der Waals surface area contributed by atoms with E-state index in [0.29, 0.717) is 38.3 Å². The van der Waals surface area contributed by atoms with Crippen LogP contribution in [0, 0.1) is 5.82 Å². The summed E-state index contributed by atoms with van der Waals surface area (Å²) >= 11 is 0. The first-order chi connectivity index (χ1) is 12.5. The van der Waals surface area contributed by atoms with Crippen LogP contribution in [-0.4, -0.2) is 85.4 Å². The minimum atomic E-state index is -0.180. The number of amides is 2. The van der Waals surface area contributed by atoms with Gasteiger partial charge in [-0.2, -0.15) is 0 Å². The molecule has 0 N–H and O–H groups in total. The highest BCUT2D eigenvalue weighted by molar-refractivity contribution is 5.77. The molecule has 0 unspecified atom stereocenters. The number of nitrogens with zero attached hydrogens (tertiary/aromatic N) is 4. The zero-order valence-corrected chi connectivity index (χ0v) is 15.4. The third-order valence-electron chi connectivity index (χ3n) is 5.29. The fraction of sp³-hybridized carbons (Fsp3) is 0.579. The van der Waals surface area contributed by atoms with Gasteiger partial charge < -0.3 is 14.7 Å². The van der Waals surface area contributed by atoms with Crippen molar-refractivity contribution in [1.82, 2.24) is 14.7 Å². The van der Waals surface area contributed by atoms with Gasteiger partial charge in [0.2, 0.25) is 11.8 Å². The number of rotatable bonds is 4. The van der Waals surface area contributed by atoms with Crippen molar-refractivity contribution in [2.45, 2.75) is 13.3 Å². The van der Waals surface area contributed by atoms with Gasteiger partial charge >= 0.3 is 0 Å². The number of carbonyl (C=O) groups is 2. The molecule has 0 saturated carbocycles. The van der Waals surface area contributed by atoms with Gasteiger partial charge in [0.15, 0.2) is 0 Å². The second-order valence-corrected chi connectivity index (χ2v) is 6.92. The molecule has 2 aliphatic rings. The summed E-state index contributed by atoms with van der Waals surface area (Å²) in [5.41, 5.74) is 0.659. The van der Waals surface area contributed by atoms with Gasteiger partial charge in [-0.3, -0.25) is 14.5 Å². The van der Waals surface area contributed by atoms with Crippen LogP contribution < -0.4 is 4.90 Å². The Labute approximate surface area is 154 Å². The Bertz CT molecular complexity index is 638. The first-order valence-corrected chi connectivity index (χ1v) is 9.30. The van der Waals surface area contributed by atoms with Crippen LogP contribution in [0.15, 0.2) is 24.3 Å². The van der Waals surface area contributed by atoms with Gasteiger partial charge in [0, 0.05) is 72.2 Å². The molecular weight excluding hydrogens is 335 g/mol. The number of hydrogen-bond donors (Lipinski definition) is 0. The lowest BCUT2D eigenvalue weighted by molar-refractivity contribution is -0.138. The normalized spacial score (nSPS) is 18.9. The lowest BCUT2D eigenvalue weighted by atomic mass is 10.2. The zero-order chi connectivity index (χ0) is 18.5. The predicted octanol–water partition coefficient (Wildman–Crippen LogP) is 1.03. The van der Waals surface area contributed by atoms with Crippen molar-refractivity contribution < 1.29 is 14.0 Å². The highest BCUT2D eigenvalue weighted by atomic mass is 19.1. The van der Waals surface area contributed by atoms with E-state index >= 15 is 0 Å². The molecule has 3 rings (SSSR count). The van der Waals surface area contributed by atoms with Crippen molar-refractivity contribution in [3.8, 4) is 0 Å². The molecule has 7 heteroatoms. The Kier molecular flexibility index (Phi) is 6.08. The van der Waals surface area contributed by atoms with Crippen LogP contribution in [0.2, 0.25) is 0 Å². The molecule has 0 spiro atoms. The Hall–Kier alpha value is -2.15. The van der Waals surface area contributed by atoms with Gasteiger partial charge in [0.25, 0.3) is 0 Å². The summed E-state index contributed by atoms with van der Waals surface area (Å²) < 4.78 is 13.9. The molecule has 1 aromatic carbocycles. The molecule has 2 amide bonds. The largest absolute Gasteiger partial charge is 0.367 e. The van der Waals surface area contributed by atoms with Crippen LogP contribution in [0.4, 0.5) is 10.1 Å². The number of hydrogen-bond acceptors (Lipinski definition) is 4. The summed E-state index contributed by atoms with van der Waals surface area (Å²) in [7, 11) is 0. The van der Waals surface area contributed by atoms with Gasteiger partial charge in [-0.05, 0) is 12.1 Å². The third-order valence-corrected chi connectivity index (χ3v) is 5.29. The molecule has 2 saturated heterocycles. The quantitative estimate of drug-likeness (QED) is 0.803.